The predicted molar refractivity (Wildman–Crippen MR) is 48.6 cm³/mol. The summed E-state index contributed by atoms with van der Waals surface area (Å²) in [7, 11) is 1.54. The molecule has 0 unspecified atom stereocenters. The summed E-state index contributed by atoms with van der Waals surface area (Å²) < 4.78 is 15.6. The zero-order valence-corrected chi connectivity index (χ0v) is 8.41. The molecule has 0 saturated carbocycles. The van der Waals surface area contributed by atoms with Crippen molar-refractivity contribution < 1.29 is 19.0 Å². The highest BCUT2D eigenvalue weighted by atomic mass is 16.7. The minimum atomic E-state index is -0.540. The first kappa shape index (κ1) is 9.68. The molecule has 14 heavy (non-hydrogen) atoms. The molecule has 0 amide bonds. The maximum absolute atomic E-state index is 11.5. The molecule has 78 valence electrons. The van der Waals surface area contributed by atoms with E-state index in [1.807, 2.05) is 6.92 Å². The molecule has 2 atom stereocenters. The molecule has 0 aromatic rings. The van der Waals surface area contributed by atoms with Crippen molar-refractivity contribution in [2.75, 3.05) is 13.7 Å². The summed E-state index contributed by atoms with van der Waals surface area (Å²) in [5.74, 6) is -0.287. The number of carbonyl (C=O) groups excluding carboxylic acids is 1. The molecule has 4 nitrogen and oxygen atoms in total. The predicted octanol–water partition coefficient (Wildman–Crippen LogP) is 1.01. The summed E-state index contributed by atoms with van der Waals surface area (Å²) in [4.78, 5) is 11.5. The lowest BCUT2D eigenvalue weighted by Crippen LogP contribution is -2.37. The van der Waals surface area contributed by atoms with Crippen molar-refractivity contribution in [1.29, 1.82) is 0 Å². The van der Waals surface area contributed by atoms with Crippen LogP contribution in [0.1, 0.15) is 19.8 Å². The Kier molecular flexibility index (Phi) is 2.56. The molecule has 0 aromatic carbocycles. The second kappa shape index (κ2) is 3.71. The Bertz CT molecular complexity index is 282. The lowest BCUT2D eigenvalue weighted by Gasteiger charge is -2.33. The van der Waals surface area contributed by atoms with Crippen LogP contribution in [0.4, 0.5) is 0 Å². The Morgan fingerprint density at radius 2 is 2.29 bits per heavy atom. The number of cyclic esters (lactones) is 1. The van der Waals surface area contributed by atoms with E-state index in [1.54, 1.807) is 0 Å². The zero-order valence-electron chi connectivity index (χ0n) is 8.41. The number of rotatable bonds is 1. The number of methoxy groups -OCH3 is 1. The fourth-order valence-corrected chi connectivity index (χ4v) is 1.95. The molecule has 0 spiro atoms. The van der Waals surface area contributed by atoms with Crippen molar-refractivity contribution in [2.45, 2.75) is 32.2 Å². The van der Waals surface area contributed by atoms with Gasteiger partial charge in [-0.2, -0.15) is 0 Å². The van der Waals surface area contributed by atoms with Gasteiger partial charge < -0.3 is 14.2 Å². The molecule has 4 heteroatoms. The molecule has 2 rings (SSSR count). The van der Waals surface area contributed by atoms with E-state index in [0.717, 1.165) is 18.4 Å². The first-order chi connectivity index (χ1) is 6.72. The fourth-order valence-electron chi connectivity index (χ4n) is 1.95. The van der Waals surface area contributed by atoms with Gasteiger partial charge in [-0.05, 0) is 18.9 Å². The summed E-state index contributed by atoms with van der Waals surface area (Å²) in [6.07, 6.45) is 1.20. The van der Waals surface area contributed by atoms with Crippen molar-refractivity contribution in [3.05, 3.63) is 11.1 Å². The van der Waals surface area contributed by atoms with E-state index in [0.29, 0.717) is 12.2 Å². The highest BCUT2D eigenvalue weighted by Crippen LogP contribution is 2.31. The summed E-state index contributed by atoms with van der Waals surface area (Å²) in [6, 6.07) is 0. The molecule has 0 bridgehead atoms. The third kappa shape index (κ3) is 1.55. The summed E-state index contributed by atoms with van der Waals surface area (Å²) in [6.45, 7) is 2.47. The van der Waals surface area contributed by atoms with Gasteiger partial charge in [0.15, 0.2) is 6.29 Å². The standard InChI is InChI=1S/C10H14O4/c1-6-5-7-3-4-13-9(11)8(7)10(12-2)14-6/h6,10H,3-5H2,1-2H3/t6-,10+/m0/s1. The van der Waals surface area contributed by atoms with Crippen LogP contribution in [-0.4, -0.2) is 32.1 Å². The Morgan fingerprint density at radius 3 is 3.00 bits per heavy atom. The van der Waals surface area contributed by atoms with E-state index in [9.17, 15) is 4.79 Å². The third-order valence-electron chi connectivity index (χ3n) is 2.58. The van der Waals surface area contributed by atoms with E-state index in [-0.39, 0.29) is 12.1 Å². The van der Waals surface area contributed by atoms with Gasteiger partial charge in [-0.25, -0.2) is 4.79 Å². The van der Waals surface area contributed by atoms with Crippen LogP contribution in [0.15, 0.2) is 11.1 Å². The first-order valence-corrected chi connectivity index (χ1v) is 4.79. The van der Waals surface area contributed by atoms with Gasteiger partial charge in [-0.15, -0.1) is 0 Å². The highest BCUT2D eigenvalue weighted by Gasteiger charge is 2.35. The zero-order chi connectivity index (χ0) is 10.1. The van der Waals surface area contributed by atoms with Crippen LogP contribution in [0.5, 0.6) is 0 Å². The van der Waals surface area contributed by atoms with Crippen molar-refractivity contribution in [3.63, 3.8) is 0 Å². The van der Waals surface area contributed by atoms with Crippen molar-refractivity contribution >= 4 is 5.97 Å². The van der Waals surface area contributed by atoms with Gasteiger partial charge in [0.1, 0.15) is 0 Å². The lowest BCUT2D eigenvalue weighted by molar-refractivity contribution is -0.162. The SMILES string of the molecule is CO[C@@H]1O[C@@H](C)CC2=C1C(=O)OCC2. The number of hydrogen-bond donors (Lipinski definition) is 0. The molecule has 2 heterocycles. The van der Waals surface area contributed by atoms with E-state index in [1.165, 1.54) is 7.11 Å². The van der Waals surface area contributed by atoms with E-state index in [2.05, 4.69) is 0 Å². The van der Waals surface area contributed by atoms with E-state index in [4.69, 9.17) is 14.2 Å². The molecule has 0 fully saturated rings. The molecule has 2 aliphatic rings. The second-order valence-corrected chi connectivity index (χ2v) is 3.62. The largest absolute Gasteiger partial charge is 0.462 e. The van der Waals surface area contributed by atoms with Crippen LogP contribution >= 0.6 is 0 Å². The second-order valence-electron chi connectivity index (χ2n) is 3.62. The van der Waals surface area contributed by atoms with Gasteiger partial charge in [0, 0.05) is 13.5 Å². The minimum Gasteiger partial charge on any atom is -0.462 e. The monoisotopic (exact) mass is 198 g/mol. The molecular formula is C10H14O4. The molecular weight excluding hydrogens is 184 g/mol. The summed E-state index contributed by atoms with van der Waals surface area (Å²) in [5.41, 5.74) is 1.71. The number of ether oxygens (including phenoxy) is 3. The van der Waals surface area contributed by atoms with Gasteiger partial charge in [0.25, 0.3) is 0 Å². The molecule has 2 aliphatic heterocycles. The average Bonchev–Trinajstić information content (AvgIpc) is 2.16. The quantitative estimate of drug-likeness (QED) is 0.590. The normalized spacial score (nSPS) is 32.6. The molecule has 0 N–H and O–H groups in total. The van der Waals surface area contributed by atoms with Gasteiger partial charge in [-0.1, -0.05) is 0 Å². The number of esters is 1. The Morgan fingerprint density at radius 1 is 1.50 bits per heavy atom. The van der Waals surface area contributed by atoms with Gasteiger partial charge in [0.05, 0.1) is 18.3 Å². The van der Waals surface area contributed by atoms with E-state index < -0.39 is 6.29 Å². The summed E-state index contributed by atoms with van der Waals surface area (Å²) >= 11 is 0. The van der Waals surface area contributed by atoms with Gasteiger partial charge in [0.2, 0.25) is 0 Å². The maximum Gasteiger partial charge on any atom is 0.339 e. The molecule has 0 aromatic heterocycles. The average molecular weight is 198 g/mol. The van der Waals surface area contributed by atoms with Crippen LogP contribution in [0, 0.1) is 0 Å². The maximum atomic E-state index is 11.5. The first-order valence-electron chi connectivity index (χ1n) is 4.79. The minimum absolute atomic E-state index is 0.115. The van der Waals surface area contributed by atoms with Crippen molar-refractivity contribution in [1.82, 2.24) is 0 Å². The highest BCUT2D eigenvalue weighted by molar-refractivity contribution is 5.91. The van der Waals surface area contributed by atoms with Crippen LogP contribution in [0.25, 0.3) is 0 Å². The van der Waals surface area contributed by atoms with Crippen molar-refractivity contribution in [3.8, 4) is 0 Å². The van der Waals surface area contributed by atoms with Crippen LogP contribution < -0.4 is 0 Å². The Labute approximate surface area is 82.8 Å². The number of carbonyl (C=O) groups is 1. The number of hydrogen-bond acceptors (Lipinski definition) is 4. The van der Waals surface area contributed by atoms with Crippen LogP contribution in [0.2, 0.25) is 0 Å². The van der Waals surface area contributed by atoms with Crippen LogP contribution in [-0.2, 0) is 19.0 Å². The molecule has 0 radical (unpaired) electrons. The summed E-state index contributed by atoms with van der Waals surface area (Å²) in [5, 5.41) is 0. The Hall–Kier alpha value is -0.870. The fraction of sp³-hybridized carbons (Fsp3) is 0.700. The van der Waals surface area contributed by atoms with Crippen LogP contribution in [0.3, 0.4) is 0 Å². The lowest BCUT2D eigenvalue weighted by atomic mass is 9.95. The molecule has 0 saturated heterocycles. The molecule has 0 aliphatic carbocycles. The van der Waals surface area contributed by atoms with E-state index >= 15 is 0 Å². The Balaban J connectivity index is 2.32. The van der Waals surface area contributed by atoms with Crippen molar-refractivity contribution in [2.24, 2.45) is 0 Å². The van der Waals surface area contributed by atoms with Gasteiger partial charge in [-0.3, -0.25) is 0 Å². The topological polar surface area (TPSA) is 44.8 Å². The smallest absolute Gasteiger partial charge is 0.339 e. The third-order valence-corrected chi connectivity index (χ3v) is 2.58. The van der Waals surface area contributed by atoms with Gasteiger partial charge >= 0.3 is 5.97 Å².